The van der Waals surface area contributed by atoms with Crippen molar-refractivity contribution in [3.05, 3.63) is 21.9 Å². The van der Waals surface area contributed by atoms with E-state index >= 15 is 0 Å². The van der Waals surface area contributed by atoms with Crippen molar-refractivity contribution in [2.75, 3.05) is 7.05 Å². The van der Waals surface area contributed by atoms with Crippen molar-refractivity contribution in [2.24, 2.45) is 0 Å². The maximum atomic E-state index is 12.7. The Kier molecular flexibility index (Phi) is 6.06. The smallest absolute Gasteiger partial charge is 0.263 e. The Morgan fingerprint density at radius 3 is 2.57 bits per heavy atom. The summed E-state index contributed by atoms with van der Waals surface area (Å²) >= 11 is 1.47. The number of thiophene rings is 1. The summed E-state index contributed by atoms with van der Waals surface area (Å²) < 4.78 is 0. The normalized spacial score (nSPS) is 25.6. The van der Waals surface area contributed by atoms with Crippen molar-refractivity contribution < 1.29 is 9.59 Å². The quantitative estimate of drug-likeness (QED) is 0.868. The van der Waals surface area contributed by atoms with Gasteiger partial charge in [-0.05, 0) is 37.8 Å². The second kappa shape index (κ2) is 7.64. The molecule has 2 atom stereocenters. The first-order chi connectivity index (χ1) is 10.5. The summed E-state index contributed by atoms with van der Waals surface area (Å²) in [5.74, 6) is 0.0500. The largest absolute Gasteiger partial charge is 0.351 e. The van der Waals surface area contributed by atoms with E-state index in [2.05, 4.69) is 10.6 Å². The average molecular weight is 358 g/mol. The highest BCUT2D eigenvalue weighted by molar-refractivity contribution is 7.14. The highest BCUT2D eigenvalue weighted by Gasteiger charge is 2.36. The number of nitrogens with one attached hydrogen (secondary N) is 2. The number of fused-ring (bicyclic) bond motifs is 2. The van der Waals surface area contributed by atoms with Gasteiger partial charge in [-0.1, -0.05) is 0 Å². The Labute approximate surface area is 147 Å². The lowest BCUT2D eigenvalue weighted by atomic mass is 9.98. The molecular formula is C16H24ClN3O2S. The van der Waals surface area contributed by atoms with E-state index in [4.69, 9.17) is 0 Å². The summed E-state index contributed by atoms with van der Waals surface area (Å²) in [5.41, 5.74) is 0. The van der Waals surface area contributed by atoms with Gasteiger partial charge in [0.15, 0.2) is 0 Å². The molecule has 0 aromatic carbocycles. The molecule has 23 heavy (non-hydrogen) atoms. The second-order valence-corrected chi connectivity index (χ2v) is 7.52. The van der Waals surface area contributed by atoms with Crippen molar-refractivity contribution in [2.45, 2.75) is 57.3 Å². The molecule has 1 aromatic heterocycles. The van der Waals surface area contributed by atoms with Crippen LogP contribution in [0.3, 0.4) is 0 Å². The van der Waals surface area contributed by atoms with Gasteiger partial charge in [-0.3, -0.25) is 9.59 Å². The van der Waals surface area contributed by atoms with Gasteiger partial charge in [0.25, 0.3) is 5.91 Å². The Hall–Kier alpha value is -1.11. The molecule has 2 saturated heterocycles. The number of hydrogen-bond acceptors (Lipinski definition) is 4. The third-order valence-corrected chi connectivity index (χ3v) is 5.77. The minimum Gasteiger partial charge on any atom is -0.351 e. The first-order valence-corrected chi connectivity index (χ1v) is 8.71. The zero-order valence-electron chi connectivity index (χ0n) is 13.5. The Morgan fingerprint density at radius 2 is 1.96 bits per heavy atom. The van der Waals surface area contributed by atoms with Gasteiger partial charge < -0.3 is 15.5 Å². The standard InChI is InChI=1S/C16H23N3O2S.ClH/c1-10(20)17-9-14-5-6-15(22-14)16(21)19(2)13-7-11-3-4-12(8-13)18-11;/h5-6,11-13,18H,3-4,7-9H2,1-2H3,(H,17,20);1H. The molecule has 3 heterocycles. The van der Waals surface area contributed by atoms with Crippen LogP contribution < -0.4 is 10.6 Å². The van der Waals surface area contributed by atoms with E-state index in [1.165, 1.54) is 31.1 Å². The van der Waals surface area contributed by atoms with Crippen LogP contribution in [0.15, 0.2) is 12.1 Å². The molecular weight excluding hydrogens is 334 g/mol. The van der Waals surface area contributed by atoms with Crippen LogP contribution in [0.25, 0.3) is 0 Å². The highest BCUT2D eigenvalue weighted by atomic mass is 35.5. The minimum absolute atomic E-state index is 0. The van der Waals surface area contributed by atoms with Crippen molar-refractivity contribution in [1.82, 2.24) is 15.5 Å². The number of carbonyl (C=O) groups excluding carboxylic acids is 2. The number of halogens is 1. The zero-order chi connectivity index (χ0) is 15.7. The van der Waals surface area contributed by atoms with Crippen LogP contribution in [0.4, 0.5) is 0 Å². The summed E-state index contributed by atoms with van der Waals surface area (Å²) in [6.45, 7) is 1.99. The molecule has 7 heteroatoms. The Morgan fingerprint density at radius 1 is 1.30 bits per heavy atom. The summed E-state index contributed by atoms with van der Waals surface area (Å²) in [4.78, 5) is 27.3. The number of rotatable bonds is 4. The fourth-order valence-electron chi connectivity index (χ4n) is 3.48. The summed E-state index contributed by atoms with van der Waals surface area (Å²) in [6, 6.07) is 5.30. The monoisotopic (exact) mass is 357 g/mol. The molecule has 2 fully saturated rings. The fourth-order valence-corrected chi connectivity index (χ4v) is 4.41. The number of carbonyl (C=O) groups is 2. The van der Waals surface area contributed by atoms with Crippen LogP contribution in [0.1, 0.15) is 47.2 Å². The lowest BCUT2D eigenvalue weighted by Crippen LogP contribution is -2.48. The third-order valence-electron chi connectivity index (χ3n) is 4.70. The molecule has 2 aliphatic rings. The van der Waals surface area contributed by atoms with Gasteiger partial charge in [0.1, 0.15) is 0 Å². The summed E-state index contributed by atoms with van der Waals surface area (Å²) in [7, 11) is 1.92. The molecule has 0 radical (unpaired) electrons. The lowest BCUT2D eigenvalue weighted by molar-refractivity contribution is -0.119. The van der Waals surface area contributed by atoms with Crippen LogP contribution in [-0.2, 0) is 11.3 Å². The van der Waals surface area contributed by atoms with Crippen LogP contribution in [0.2, 0.25) is 0 Å². The number of piperidine rings is 1. The van der Waals surface area contributed by atoms with Crippen molar-refractivity contribution >= 4 is 35.6 Å². The molecule has 1 aromatic rings. The van der Waals surface area contributed by atoms with Crippen LogP contribution in [-0.4, -0.2) is 41.9 Å². The zero-order valence-corrected chi connectivity index (χ0v) is 15.1. The van der Waals surface area contributed by atoms with E-state index in [9.17, 15) is 9.59 Å². The molecule has 0 saturated carbocycles. The molecule has 5 nitrogen and oxygen atoms in total. The Balaban J connectivity index is 0.00000192. The topological polar surface area (TPSA) is 61.4 Å². The predicted octanol–water partition coefficient (Wildman–Crippen LogP) is 2.16. The van der Waals surface area contributed by atoms with E-state index < -0.39 is 0 Å². The van der Waals surface area contributed by atoms with Gasteiger partial charge in [-0.25, -0.2) is 0 Å². The molecule has 128 valence electrons. The first kappa shape index (κ1) is 18.2. The van der Waals surface area contributed by atoms with Gasteiger partial charge >= 0.3 is 0 Å². The van der Waals surface area contributed by atoms with Crippen LogP contribution in [0.5, 0.6) is 0 Å². The molecule has 2 amide bonds. The number of hydrogen-bond donors (Lipinski definition) is 2. The van der Waals surface area contributed by atoms with Crippen molar-refractivity contribution in [1.29, 1.82) is 0 Å². The van der Waals surface area contributed by atoms with E-state index in [0.29, 0.717) is 24.7 Å². The van der Waals surface area contributed by atoms with Crippen molar-refractivity contribution in [3.63, 3.8) is 0 Å². The maximum absolute atomic E-state index is 12.7. The molecule has 2 bridgehead atoms. The van der Waals surface area contributed by atoms with Crippen molar-refractivity contribution in [3.8, 4) is 0 Å². The molecule has 3 rings (SSSR count). The van der Waals surface area contributed by atoms with Crippen LogP contribution >= 0.6 is 23.7 Å². The SMILES string of the molecule is CC(=O)NCc1ccc(C(=O)N(C)C2CC3CCC(C2)N3)s1.Cl. The summed E-state index contributed by atoms with van der Waals surface area (Å²) in [6.07, 6.45) is 4.60. The van der Waals surface area contributed by atoms with E-state index in [1.54, 1.807) is 0 Å². The van der Waals surface area contributed by atoms with Gasteiger partial charge in [0.2, 0.25) is 5.91 Å². The minimum atomic E-state index is -0.0522. The third kappa shape index (κ3) is 4.25. The highest BCUT2D eigenvalue weighted by Crippen LogP contribution is 2.30. The summed E-state index contributed by atoms with van der Waals surface area (Å²) in [5, 5.41) is 6.37. The van der Waals surface area contributed by atoms with E-state index in [-0.39, 0.29) is 24.2 Å². The Bertz CT molecular complexity index is 565. The molecule has 2 N–H and O–H groups in total. The molecule has 0 aliphatic carbocycles. The second-order valence-electron chi connectivity index (χ2n) is 6.35. The molecule has 2 aliphatic heterocycles. The molecule has 2 unspecified atom stereocenters. The predicted molar refractivity (Wildman–Crippen MR) is 94.1 cm³/mol. The van der Waals surface area contributed by atoms with E-state index in [1.807, 2.05) is 24.1 Å². The lowest BCUT2D eigenvalue weighted by Gasteiger charge is -2.35. The average Bonchev–Trinajstić information content (AvgIpc) is 3.10. The maximum Gasteiger partial charge on any atom is 0.263 e. The number of amides is 2. The number of nitrogens with zero attached hydrogens (tertiary/aromatic N) is 1. The van der Waals surface area contributed by atoms with Gasteiger partial charge in [-0.2, -0.15) is 0 Å². The fraction of sp³-hybridized carbons (Fsp3) is 0.625. The van der Waals surface area contributed by atoms with Gasteiger partial charge in [0, 0.05) is 37.0 Å². The van der Waals surface area contributed by atoms with E-state index in [0.717, 1.165) is 22.6 Å². The molecule has 0 spiro atoms. The van der Waals surface area contributed by atoms with Crippen LogP contribution in [0, 0.1) is 0 Å². The first-order valence-electron chi connectivity index (χ1n) is 7.89. The van der Waals surface area contributed by atoms with Gasteiger partial charge in [-0.15, -0.1) is 23.7 Å². The van der Waals surface area contributed by atoms with Gasteiger partial charge in [0.05, 0.1) is 11.4 Å².